The number of carbonyl (C=O) groups excluding carboxylic acids is 1. The van der Waals surface area contributed by atoms with Crippen LogP contribution in [-0.4, -0.2) is 23.5 Å². The number of hydrogen-bond acceptors (Lipinski definition) is 4. The molecule has 1 atom stereocenters. The van der Waals surface area contributed by atoms with Crippen molar-refractivity contribution < 1.29 is 27.9 Å². The van der Waals surface area contributed by atoms with Crippen LogP contribution in [0, 0.1) is 13.8 Å². The van der Waals surface area contributed by atoms with Crippen LogP contribution in [0.25, 0.3) is 11.1 Å². The number of aliphatic carboxylic acids is 1. The maximum atomic E-state index is 13.0. The zero-order chi connectivity index (χ0) is 27.2. The van der Waals surface area contributed by atoms with Crippen molar-refractivity contribution in [2.75, 3.05) is 6.54 Å². The van der Waals surface area contributed by atoms with E-state index in [-0.39, 0.29) is 24.1 Å². The smallest absolute Gasteiger partial charge is 0.416 e. The summed E-state index contributed by atoms with van der Waals surface area (Å²) in [6.07, 6.45) is -1.49. The monoisotopic (exact) mass is 549 g/mol. The molecule has 4 nitrogen and oxygen atoms in total. The van der Waals surface area contributed by atoms with Gasteiger partial charge in [-0.3, -0.25) is 9.59 Å². The predicted molar refractivity (Wildman–Crippen MR) is 143 cm³/mol. The number of hydrogen-bond donors (Lipinski definition) is 2. The maximum Gasteiger partial charge on any atom is 0.416 e. The van der Waals surface area contributed by atoms with Gasteiger partial charge in [-0.25, -0.2) is 0 Å². The summed E-state index contributed by atoms with van der Waals surface area (Å²) in [5.74, 6) is -1.23. The minimum atomic E-state index is -4.36. The number of carboxylic acid groups (broad SMARTS) is 1. The second-order valence-electron chi connectivity index (χ2n) is 8.86. The Labute approximate surface area is 223 Å². The van der Waals surface area contributed by atoms with E-state index in [4.69, 9.17) is 5.11 Å². The number of nitrogens with one attached hydrogen (secondary N) is 1. The number of benzene rings is 2. The van der Waals surface area contributed by atoms with E-state index >= 15 is 0 Å². The number of aryl methyl sites for hydroxylation is 2. The molecule has 3 aromatic rings. The molecule has 0 bridgehead atoms. The van der Waals surface area contributed by atoms with Gasteiger partial charge >= 0.3 is 12.1 Å². The lowest BCUT2D eigenvalue weighted by molar-refractivity contribution is -0.138. The van der Waals surface area contributed by atoms with Gasteiger partial charge in [0.1, 0.15) is 0 Å². The molecule has 2 aromatic carbocycles. The van der Waals surface area contributed by atoms with E-state index in [0.717, 1.165) is 63.4 Å². The molecule has 9 heteroatoms. The first kappa shape index (κ1) is 28.8. The van der Waals surface area contributed by atoms with Gasteiger partial charge in [-0.15, -0.1) is 23.1 Å². The zero-order valence-corrected chi connectivity index (χ0v) is 22.6. The molecule has 2 N–H and O–H groups in total. The molecule has 198 valence electrons. The lowest BCUT2D eigenvalue weighted by Crippen LogP contribution is -2.25. The van der Waals surface area contributed by atoms with Gasteiger partial charge in [0.15, 0.2) is 0 Å². The van der Waals surface area contributed by atoms with Gasteiger partial charge in [0.05, 0.1) is 16.9 Å². The SMILES string of the molecule is CCCCC(Sc1cc(C)c(-c2ccc(C(F)(F)F)cc2)c(C)c1)c1ccc(C(=O)NCCC(=O)O)s1. The number of thioether (sulfide) groups is 1. The van der Waals surface area contributed by atoms with Crippen LogP contribution in [0.5, 0.6) is 0 Å². The number of carbonyl (C=O) groups is 2. The molecule has 1 amide bonds. The first-order valence-corrected chi connectivity index (χ1v) is 13.7. The van der Waals surface area contributed by atoms with Gasteiger partial charge in [-0.2, -0.15) is 13.2 Å². The minimum absolute atomic E-state index is 0.0826. The molecule has 0 aliphatic rings. The molecule has 0 aliphatic heterocycles. The van der Waals surface area contributed by atoms with E-state index < -0.39 is 17.7 Å². The first-order chi connectivity index (χ1) is 17.5. The van der Waals surface area contributed by atoms with E-state index in [0.29, 0.717) is 4.88 Å². The molecule has 0 aliphatic carbocycles. The molecule has 0 radical (unpaired) electrons. The van der Waals surface area contributed by atoms with Crippen molar-refractivity contribution in [3.8, 4) is 11.1 Å². The van der Waals surface area contributed by atoms with Gasteiger partial charge in [0.25, 0.3) is 5.91 Å². The highest BCUT2D eigenvalue weighted by atomic mass is 32.2. The Balaban J connectivity index is 1.80. The normalized spacial score (nSPS) is 12.4. The number of thiophene rings is 1. The standard InChI is InChI=1S/C28H30F3NO3S2/c1-4-5-6-22(23-11-12-24(37-23)27(35)32-14-13-25(33)34)36-21-15-17(2)26(18(3)16-21)19-7-9-20(10-8-19)28(29,30)31/h7-12,15-16,22H,4-6,13-14H2,1-3H3,(H,32,35)(H,33,34). The van der Waals surface area contributed by atoms with Gasteiger partial charge in [-0.1, -0.05) is 31.9 Å². The summed E-state index contributed by atoms with van der Waals surface area (Å²) in [4.78, 5) is 25.8. The second kappa shape index (κ2) is 12.6. The van der Waals surface area contributed by atoms with E-state index in [1.165, 1.54) is 23.5 Å². The predicted octanol–water partition coefficient (Wildman–Crippen LogP) is 8.28. The highest BCUT2D eigenvalue weighted by Crippen LogP contribution is 2.43. The van der Waals surface area contributed by atoms with Crippen molar-refractivity contribution >= 4 is 35.0 Å². The van der Waals surface area contributed by atoms with Gasteiger partial charge < -0.3 is 10.4 Å². The highest BCUT2D eigenvalue weighted by molar-refractivity contribution is 7.99. The van der Waals surface area contributed by atoms with Gasteiger partial charge in [-0.05, 0) is 78.9 Å². The summed E-state index contributed by atoms with van der Waals surface area (Å²) in [6, 6.07) is 13.1. The van der Waals surface area contributed by atoms with Crippen molar-refractivity contribution in [3.63, 3.8) is 0 Å². The molecule has 3 rings (SSSR count). The number of halogens is 3. The third-order valence-electron chi connectivity index (χ3n) is 5.90. The Bertz CT molecular complexity index is 1210. The molecule has 0 spiro atoms. The third kappa shape index (κ3) is 7.85. The molecule has 37 heavy (non-hydrogen) atoms. The number of alkyl halides is 3. The number of carboxylic acids is 1. The van der Waals surface area contributed by atoms with E-state index in [1.807, 2.05) is 19.9 Å². The summed E-state index contributed by atoms with van der Waals surface area (Å²) < 4.78 is 38.9. The summed E-state index contributed by atoms with van der Waals surface area (Å²) in [7, 11) is 0. The molecule has 0 fully saturated rings. The summed E-state index contributed by atoms with van der Waals surface area (Å²) >= 11 is 3.14. The molecular weight excluding hydrogens is 519 g/mol. The quantitative estimate of drug-likeness (QED) is 0.236. The number of amides is 1. The molecule has 0 saturated heterocycles. The number of unbranched alkanes of at least 4 members (excludes halogenated alkanes) is 1. The van der Waals surface area contributed by atoms with Crippen LogP contribution in [0.4, 0.5) is 13.2 Å². The van der Waals surface area contributed by atoms with Crippen molar-refractivity contribution in [1.82, 2.24) is 5.32 Å². The molecule has 0 saturated carbocycles. The molecule has 1 aromatic heterocycles. The second-order valence-corrected chi connectivity index (χ2v) is 11.2. The molecular formula is C28H30F3NO3S2. The Morgan fingerprint density at radius 3 is 2.27 bits per heavy atom. The average Bonchev–Trinajstić information content (AvgIpc) is 3.31. The Morgan fingerprint density at radius 2 is 1.70 bits per heavy atom. The fourth-order valence-corrected chi connectivity index (χ4v) is 6.63. The van der Waals surface area contributed by atoms with Crippen molar-refractivity contribution in [1.29, 1.82) is 0 Å². The van der Waals surface area contributed by atoms with Gasteiger partial charge in [0, 0.05) is 21.6 Å². The zero-order valence-electron chi connectivity index (χ0n) is 20.9. The topological polar surface area (TPSA) is 66.4 Å². The Hall–Kier alpha value is -2.78. The fourth-order valence-electron chi connectivity index (χ4n) is 4.10. The van der Waals surface area contributed by atoms with Crippen LogP contribution in [0.3, 0.4) is 0 Å². The lowest BCUT2D eigenvalue weighted by atomic mass is 9.95. The van der Waals surface area contributed by atoms with Crippen LogP contribution in [0.15, 0.2) is 53.4 Å². The third-order valence-corrected chi connectivity index (χ3v) is 8.53. The first-order valence-electron chi connectivity index (χ1n) is 12.0. The van der Waals surface area contributed by atoms with Crippen LogP contribution in [-0.2, 0) is 11.0 Å². The Morgan fingerprint density at radius 1 is 1.05 bits per heavy atom. The largest absolute Gasteiger partial charge is 0.481 e. The van der Waals surface area contributed by atoms with Crippen LogP contribution < -0.4 is 5.32 Å². The van der Waals surface area contributed by atoms with Crippen LogP contribution >= 0.6 is 23.1 Å². The highest BCUT2D eigenvalue weighted by Gasteiger charge is 2.30. The maximum absolute atomic E-state index is 13.0. The lowest BCUT2D eigenvalue weighted by Gasteiger charge is -2.18. The minimum Gasteiger partial charge on any atom is -0.481 e. The summed E-state index contributed by atoms with van der Waals surface area (Å²) in [6.45, 7) is 6.15. The Kier molecular flexibility index (Phi) is 9.84. The van der Waals surface area contributed by atoms with Crippen molar-refractivity contribution in [2.45, 2.75) is 62.8 Å². The van der Waals surface area contributed by atoms with Gasteiger partial charge in [0.2, 0.25) is 0 Å². The molecule has 1 unspecified atom stereocenters. The number of rotatable bonds is 11. The van der Waals surface area contributed by atoms with E-state index in [2.05, 4.69) is 24.4 Å². The van der Waals surface area contributed by atoms with E-state index in [9.17, 15) is 22.8 Å². The average molecular weight is 550 g/mol. The van der Waals surface area contributed by atoms with Crippen molar-refractivity contribution in [3.05, 3.63) is 75.0 Å². The van der Waals surface area contributed by atoms with Crippen LogP contribution in [0.2, 0.25) is 0 Å². The van der Waals surface area contributed by atoms with Crippen molar-refractivity contribution in [2.24, 2.45) is 0 Å². The van der Waals surface area contributed by atoms with E-state index in [1.54, 1.807) is 17.8 Å². The summed E-state index contributed by atoms with van der Waals surface area (Å²) in [5, 5.41) is 11.6. The van der Waals surface area contributed by atoms with Crippen LogP contribution in [0.1, 0.15) is 69.1 Å². The summed E-state index contributed by atoms with van der Waals surface area (Å²) in [5.41, 5.74) is 2.99. The molecule has 1 heterocycles. The fraction of sp³-hybridized carbons (Fsp3) is 0.357.